The van der Waals surface area contributed by atoms with Crippen LogP contribution in [0.25, 0.3) is 0 Å². The molecule has 1 aromatic carbocycles. The molecule has 3 nitrogen and oxygen atoms in total. The van der Waals surface area contributed by atoms with Crippen LogP contribution in [0, 0.1) is 6.92 Å². The van der Waals surface area contributed by atoms with Gasteiger partial charge in [-0.25, -0.2) is 4.98 Å². The molecule has 0 amide bonds. The van der Waals surface area contributed by atoms with Crippen LogP contribution in [0.5, 0.6) is 0 Å². The van der Waals surface area contributed by atoms with E-state index in [1.54, 1.807) is 24.2 Å². The Morgan fingerprint density at radius 1 is 1.47 bits per heavy atom. The fraction of sp³-hybridized carbons (Fsp3) is 0.100. The van der Waals surface area contributed by atoms with Gasteiger partial charge in [-0.1, -0.05) is 11.8 Å². The molecule has 0 radical (unpaired) electrons. The van der Waals surface area contributed by atoms with Crippen molar-refractivity contribution < 1.29 is 0 Å². The lowest BCUT2D eigenvalue weighted by molar-refractivity contribution is 1.06. The SMILES string of the molecule is Cc1cc(Sc2ncc[nH]2)c(Br)cc1N. The van der Waals surface area contributed by atoms with Gasteiger partial charge < -0.3 is 10.7 Å². The van der Waals surface area contributed by atoms with Gasteiger partial charge in [-0.2, -0.15) is 0 Å². The third-order valence-electron chi connectivity index (χ3n) is 2.00. The molecule has 0 atom stereocenters. The lowest BCUT2D eigenvalue weighted by Gasteiger charge is -2.06. The standard InChI is InChI=1S/C10H10BrN3S/c1-6-4-9(7(11)5-8(6)12)15-10-13-2-3-14-10/h2-5H,12H2,1H3,(H,13,14). The van der Waals surface area contributed by atoms with E-state index in [9.17, 15) is 0 Å². The first kappa shape index (κ1) is 10.6. The Labute approximate surface area is 101 Å². The Kier molecular flexibility index (Phi) is 3.02. The van der Waals surface area contributed by atoms with Gasteiger partial charge in [0.1, 0.15) is 0 Å². The predicted octanol–water partition coefficient (Wildman–Crippen LogP) is 3.21. The number of halogens is 1. The Bertz CT molecular complexity index is 468. The number of rotatable bonds is 2. The van der Waals surface area contributed by atoms with E-state index in [4.69, 9.17) is 5.73 Å². The number of nitrogens with one attached hydrogen (secondary N) is 1. The van der Waals surface area contributed by atoms with Crippen molar-refractivity contribution >= 4 is 33.4 Å². The van der Waals surface area contributed by atoms with Gasteiger partial charge in [-0.3, -0.25) is 0 Å². The Morgan fingerprint density at radius 2 is 2.27 bits per heavy atom. The number of hydrogen-bond donors (Lipinski definition) is 2. The quantitative estimate of drug-likeness (QED) is 0.832. The molecule has 15 heavy (non-hydrogen) atoms. The van der Waals surface area contributed by atoms with Crippen LogP contribution in [0.3, 0.4) is 0 Å². The van der Waals surface area contributed by atoms with Crippen molar-refractivity contribution in [1.29, 1.82) is 0 Å². The highest BCUT2D eigenvalue weighted by molar-refractivity contribution is 9.10. The molecule has 2 rings (SSSR count). The topological polar surface area (TPSA) is 54.7 Å². The summed E-state index contributed by atoms with van der Waals surface area (Å²) in [5, 5.41) is 0.875. The third kappa shape index (κ3) is 2.35. The van der Waals surface area contributed by atoms with Crippen LogP contribution in [0.1, 0.15) is 5.56 Å². The molecule has 3 N–H and O–H groups in total. The summed E-state index contributed by atoms with van der Waals surface area (Å²) in [6, 6.07) is 3.97. The molecular formula is C10H10BrN3S. The number of imidazole rings is 1. The van der Waals surface area contributed by atoms with Crippen molar-refractivity contribution in [3.8, 4) is 0 Å². The number of anilines is 1. The first-order chi connectivity index (χ1) is 7.16. The second-order valence-corrected chi connectivity index (χ2v) is 5.02. The minimum absolute atomic E-state index is 0.797. The van der Waals surface area contributed by atoms with Crippen LogP contribution in [-0.2, 0) is 0 Å². The molecule has 1 aromatic heterocycles. The molecule has 0 aliphatic heterocycles. The largest absolute Gasteiger partial charge is 0.398 e. The molecule has 2 aromatic rings. The van der Waals surface area contributed by atoms with Gasteiger partial charge in [-0.15, -0.1) is 0 Å². The molecule has 5 heteroatoms. The second kappa shape index (κ2) is 4.28. The van der Waals surface area contributed by atoms with Crippen LogP contribution < -0.4 is 5.73 Å². The zero-order valence-corrected chi connectivity index (χ0v) is 10.5. The average molecular weight is 284 g/mol. The van der Waals surface area contributed by atoms with E-state index in [2.05, 4.69) is 25.9 Å². The van der Waals surface area contributed by atoms with Gasteiger partial charge in [0, 0.05) is 27.4 Å². The number of aryl methyl sites for hydroxylation is 1. The number of nitrogens with two attached hydrogens (primary N) is 1. The molecule has 0 unspecified atom stereocenters. The third-order valence-corrected chi connectivity index (χ3v) is 3.89. The normalized spacial score (nSPS) is 10.5. The van der Waals surface area contributed by atoms with E-state index >= 15 is 0 Å². The van der Waals surface area contributed by atoms with Gasteiger partial charge in [0.15, 0.2) is 5.16 Å². The second-order valence-electron chi connectivity index (χ2n) is 3.14. The zero-order chi connectivity index (χ0) is 10.8. The molecule has 0 fully saturated rings. The Balaban J connectivity index is 2.33. The van der Waals surface area contributed by atoms with Crippen molar-refractivity contribution in [3.63, 3.8) is 0 Å². The van der Waals surface area contributed by atoms with Crippen molar-refractivity contribution in [2.24, 2.45) is 0 Å². The number of benzene rings is 1. The minimum atomic E-state index is 0.797. The van der Waals surface area contributed by atoms with E-state index < -0.39 is 0 Å². The number of aromatic nitrogens is 2. The zero-order valence-electron chi connectivity index (χ0n) is 8.12. The van der Waals surface area contributed by atoms with E-state index in [0.29, 0.717) is 0 Å². The van der Waals surface area contributed by atoms with Gasteiger partial charge in [0.2, 0.25) is 0 Å². The first-order valence-electron chi connectivity index (χ1n) is 4.39. The molecule has 0 saturated heterocycles. The fourth-order valence-corrected chi connectivity index (χ4v) is 2.60. The summed E-state index contributed by atoms with van der Waals surface area (Å²) in [7, 11) is 0. The van der Waals surface area contributed by atoms with Crippen LogP contribution in [0.4, 0.5) is 5.69 Å². The summed E-state index contributed by atoms with van der Waals surface area (Å²) in [5.41, 5.74) is 7.67. The Hall–Kier alpha value is -0.940. The summed E-state index contributed by atoms with van der Waals surface area (Å²) in [4.78, 5) is 8.31. The van der Waals surface area contributed by atoms with Crippen molar-refractivity contribution in [3.05, 3.63) is 34.6 Å². The molecule has 0 spiro atoms. The van der Waals surface area contributed by atoms with E-state index in [1.165, 1.54) is 0 Å². The molecule has 0 aliphatic rings. The van der Waals surface area contributed by atoms with Crippen LogP contribution in [0.2, 0.25) is 0 Å². The van der Waals surface area contributed by atoms with E-state index in [-0.39, 0.29) is 0 Å². The predicted molar refractivity (Wildman–Crippen MR) is 66.0 cm³/mol. The maximum absolute atomic E-state index is 5.80. The molecule has 0 saturated carbocycles. The molecule has 1 heterocycles. The van der Waals surface area contributed by atoms with Gasteiger partial charge >= 0.3 is 0 Å². The average Bonchev–Trinajstić information content (AvgIpc) is 2.67. The Morgan fingerprint density at radius 3 is 2.93 bits per heavy atom. The summed E-state index contributed by atoms with van der Waals surface area (Å²) in [6.45, 7) is 1.99. The number of nitrogens with zero attached hydrogens (tertiary/aromatic N) is 1. The monoisotopic (exact) mass is 283 g/mol. The minimum Gasteiger partial charge on any atom is -0.398 e. The van der Waals surface area contributed by atoms with E-state index in [0.717, 1.165) is 25.8 Å². The number of hydrogen-bond acceptors (Lipinski definition) is 3. The van der Waals surface area contributed by atoms with Crippen LogP contribution in [0.15, 0.2) is 39.1 Å². The van der Waals surface area contributed by atoms with Crippen molar-refractivity contribution in [1.82, 2.24) is 9.97 Å². The molecular weight excluding hydrogens is 274 g/mol. The van der Waals surface area contributed by atoms with Gasteiger partial charge in [0.25, 0.3) is 0 Å². The molecule has 0 aliphatic carbocycles. The maximum atomic E-state index is 5.80. The number of H-pyrrole nitrogens is 1. The smallest absolute Gasteiger partial charge is 0.170 e. The highest BCUT2D eigenvalue weighted by atomic mass is 79.9. The summed E-state index contributed by atoms with van der Waals surface area (Å²) in [5.74, 6) is 0. The van der Waals surface area contributed by atoms with Crippen molar-refractivity contribution in [2.45, 2.75) is 17.0 Å². The lowest BCUT2D eigenvalue weighted by Crippen LogP contribution is -1.90. The van der Waals surface area contributed by atoms with Gasteiger partial charge in [-0.05, 0) is 40.5 Å². The van der Waals surface area contributed by atoms with Crippen LogP contribution >= 0.6 is 27.7 Å². The summed E-state index contributed by atoms with van der Waals surface area (Å²) >= 11 is 5.06. The fourth-order valence-electron chi connectivity index (χ4n) is 1.16. The first-order valence-corrected chi connectivity index (χ1v) is 6.00. The molecule has 78 valence electrons. The van der Waals surface area contributed by atoms with E-state index in [1.807, 2.05) is 19.1 Å². The van der Waals surface area contributed by atoms with Crippen molar-refractivity contribution in [2.75, 3.05) is 5.73 Å². The summed E-state index contributed by atoms with van der Waals surface area (Å²) < 4.78 is 0.993. The van der Waals surface area contributed by atoms with Gasteiger partial charge in [0.05, 0.1) is 0 Å². The number of nitrogen functional groups attached to an aromatic ring is 1. The number of aromatic amines is 1. The maximum Gasteiger partial charge on any atom is 0.170 e. The highest BCUT2D eigenvalue weighted by Crippen LogP contribution is 2.34. The van der Waals surface area contributed by atoms with Crippen LogP contribution in [-0.4, -0.2) is 9.97 Å². The molecule has 0 bridgehead atoms. The lowest BCUT2D eigenvalue weighted by atomic mass is 10.2. The highest BCUT2D eigenvalue weighted by Gasteiger charge is 2.06. The summed E-state index contributed by atoms with van der Waals surface area (Å²) in [6.07, 6.45) is 3.54.